The Kier molecular flexibility index (Phi) is 7.79. The van der Waals surface area contributed by atoms with Crippen molar-refractivity contribution in [2.75, 3.05) is 13.2 Å². The molecule has 0 aliphatic heterocycles. The molecular formula is C21H26N2O4. The number of esters is 1. The summed E-state index contributed by atoms with van der Waals surface area (Å²) >= 11 is 0. The lowest BCUT2D eigenvalue weighted by molar-refractivity contribution is -0.145. The molecule has 2 aromatic rings. The molecule has 0 aromatic heterocycles. The first-order valence-corrected chi connectivity index (χ1v) is 9.16. The maximum absolute atomic E-state index is 12.0. The van der Waals surface area contributed by atoms with Crippen LogP contribution < -0.4 is 10.2 Å². The molecular weight excluding hydrogens is 344 g/mol. The number of rotatable bonds is 9. The number of nitrogens with zero attached hydrogens (tertiary/aromatic N) is 1. The predicted octanol–water partition coefficient (Wildman–Crippen LogP) is 3.69. The molecule has 2 aromatic carbocycles. The summed E-state index contributed by atoms with van der Waals surface area (Å²) in [6.07, 6.45) is 1.44. The Balaban J connectivity index is 1.91. The van der Waals surface area contributed by atoms with Crippen molar-refractivity contribution in [3.05, 3.63) is 42.5 Å². The smallest absolute Gasteiger partial charge is 0.314 e. The van der Waals surface area contributed by atoms with E-state index < -0.39 is 5.92 Å². The number of benzene rings is 2. The van der Waals surface area contributed by atoms with E-state index in [0.717, 1.165) is 17.2 Å². The maximum atomic E-state index is 12.0. The third kappa shape index (κ3) is 6.09. The molecule has 0 aliphatic carbocycles. The minimum atomic E-state index is -0.448. The molecule has 1 atom stereocenters. The third-order valence-corrected chi connectivity index (χ3v) is 4.10. The highest BCUT2D eigenvalue weighted by Crippen LogP contribution is 2.20. The van der Waals surface area contributed by atoms with E-state index in [1.165, 1.54) is 0 Å². The lowest BCUT2D eigenvalue weighted by atomic mass is 9.99. The van der Waals surface area contributed by atoms with E-state index >= 15 is 0 Å². The van der Waals surface area contributed by atoms with Crippen molar-refractivity contribution in [2.24, 2.45) is 11.0 Å². The molecule has 2 rings (SSSR count). The molecule has 1 unspecified atom stereocenters. The SMILES string of the molecule is CCCC(C(=O)OCC)/C(C)=N/NC(=O)COc1ccc2ccccc2c1. The molecule has 144 valence electrons. The number of hydrogen-bond acceptors (Lipinski definition) is 5. The van der Waals surface area contributed by atoms with Gasteiger partial charge in [0.25, 0.3) is 5.91 Å². The van der Waals surface area contributed by atoms with Crippen LogP contribution in [0.25, 0.3) is 10.8 Å². The highest BCUT2D eigenvalue weighted by atomic mass is 16.5. The van der Waals surface area contributed by atoms with Crippen molar-refractivity contribution in [3.63, 3.8) is 0 Å². The van der Waals surface area contributed by atoms with Crippen LogP contribution in [-0.2, 0) is 14.3 Å². The summed E-state index contributed by atoms with van der Waals surface area (Å²) < 4.78 is 10.6. The number of carbonyl (C=O) groups excluding carboxylic acids is 2. The lowest BCUT2D eigenvalue weighted by Crippen LogP contribution is -2.30. The first-order chi connectivity index (χ1) is 13.0. The molecule has 0 fully saturated rings. The number of ether oxygens (including phenoxy) is 2. The number of amides is 1. The molecule has 0 bridgehead atoms. The van der Waals surface area contributed by atoms with Crippen LogP contribution in [0.1, 0.15) is 33.6 Å². The van der Waals surface area contributed by atoms with Crippen LogP contribution in [-0.4, -0.2) is 30.8 Å². The van der Waals surface area contributed by atoms with Gasteiger partial charge in [-0.1, -0.05) is 43.7 Å². The van der Waals surface area contributed by atoms with E-state index in [9.17, 15) is 9.59 Å². The standard InChI is InChI=1S/C21H26N2O4/c1-4-8-19(21(25)26-5-2)15(3)22-23-20(24)14-27-18-12-11-16-9-6-7-10-17(16)13-18/h6-7,9-13,19H,4-5,8,14H2,1-3H3,(H,23,24)/b22-15+. The van der Waals surface area contributed by atoms with Gasteiger partial charge in [-0.15, -0.1) is 0 Å². The molecule has 6 nitrogen and oxygen atoms in total. The van der Waals surface area contributed by atoms with Crippen LogP contribution in [0.15, 0.2) is 47.6 Å². The molecule has 0 aliphatic rings. The number of fused-ring (bicyclic) bond motifs is 1. The Hall–Kier alpha value is -2.89. The van der Waals surface area contributed by atoms with Crippen molar-refractivity contribution in [3.8, 4) is 5.75 Å². The van der Waals surface area contributed by atoms with Crippen molar-refractivity contribution in [1.82, 2.24) is 5.43 Å². The van der Waals surface area contributed by atoms with E-state index in [1.807, 2.05) is 49.4 Å². The van der Waals surface area contributed by atoms with E-state index in [1.54, 1.807) is 13.8 Å². The molecule has 0 saturated carbocycles. The average molecular weight is 370 g/mol. The summed E-state index contributed by atoms with van der Waals surface area (Å²) in [7, 11) is 0. The normalized spacial score (nSPS) is 12.5. The Morgan fingerprint density at radius 2 is 1.85 bits per heavy atom. The average Bonchev–Trinajstić information content (AvgIpc) is 2.68. The molecule has 6 heteroatoms. The van der Waals surface area contributed by atoms with Crippen molar-refractivity contribution >= 4 is 28.4 Å². The fourth-order valence-corrected chi connectivity index (χ4v) is 2.70. The van der Waals surface area contributed by atoms with Crippen molar-refractivity contribution < 1.29 is 19.1 Å². The fourth-order valence-electron chi connectivity index (χ4n) is 2.70. The number of nitrogens with one attached hydrogen (secondary N) is 1. The van der Waals surface area contributed by atoms with Gasteiger partial charge in [0.05, 0.1) is 12.5 Å². The molecule has 1 N–H and O–H groups in total. The second kappa shape index (κ2) is 10.3. The van der Waals surface area contributed by atoms with Crippen LogP contribution in [0.2, 0.25) is 0 Å². The van der Waals surface area contributed by atoms with E-state index in [2.05, 4.69) is 10.5 Å². The van der Waals surface area contributed by atoms with Crippen LogP contribution in [0.3, 0.4) is 0 Å². The molecule has 0 spiro atoms. The molecule has 0 heterocycles. The largest absolute Gasteiger partial charge is 0.484 e. The predicted molar refractivity (Wildman–Crippen MR) is 106 cm³/mol. The quantitative estimate of drug-likeness (QED) is 0.415. The Bertz CT molecular complexity index is 817. The summed E-state index contributed by atoms with van der Waals surface area (Å²) in [5.74, 6) is -0.541. The van der Waals surface area contributed by atoms with Crippen molar-refractivity contribution in [1.29, 1.82) is 0 Å². The van der Waals surface area contributed by atoms with E-state index in [4.69, 9.17) is 9.47 Å². The zero-order valence-electron chi connectivity index (χ0n) is 16.0. The second-order valence-electron chi connectivity index (χ2n) is 6.18. The number of carbonyl (C=O) groups is 2. The lowest BCUT2D eigenvalue weighted by Gasteiger charge is -2.14. The summed E-state index contributed by atoms with van der Waals surface area (Å²) in [4.78, 5) is 24.0. The van der Waals surface area contributed by atoms with Gasteiger partial charge in [0.1, 0.15) is 5.75 Å². The molecule has 0 radical (unpaired) electrons. The summed E-state index contributed by atoms with van der Waals surface area (Å²) in [5, 5.41) is 6.19. The summed E-state index contributed by atoms with van der Waals surface area (Å²) in [6.45, 7) is 5.61. The van der Waals surface area contributed by atoms with Gasteiger partial charge in [0.2, 0.25) is 0 Å². The van der Waals surface area contributed by atoms with Gasteiger partial charge in [-0.25, -0.2) is 5.43 Å². The summed E-state index contributed by atoms with van der Waals surface area (Å²) in [6, 6.07) is 13.6. The van der Waals surface area contributed by atoms with Gasteiger partial charge >= 0.3 is 5.97 Å². The molecule has 0 saturated heterocycles. The molecule has 1 amide bonds. The van der Waals surface area contributed by atoms with Gasteiger partial charge in [0, 0.05) is 5.71 Å². The van der Waals surface area contributed by atoms with Crippen LogP contribution in [0.4, 0.5) is 0 Å². The van der Waals surface area contributed by atoms with Gasteiger partial charge in [-0.3, -0.25) is 9.59 Å². The number of hydrogen-bond donors (Lipinski definition) is 1. The topological polar surface area (TPSA) is 77.0 Å². The van der Waals surface area contributed by atoms with Gasteiger partial charge in [-0.05, 0) is 43.2 Å². The van der Waals surface area contributed by atoms with Crippen LogP contribution in [0, 0.1) is 5.92 Å². The van der Waals surface area contributed by atoms with Gasteiger partial charge in [-0.2, -0.15) is 5.10 Å². The zero-order valence-corrected chi connectivity index (χ0v) is 16.0. The minimum Gasteiger partial charge on any atom is -0.484 e. The minimum absolute atomic E-state index is 0.160. The Labute approximate surface area is 159 Å². The monoisotopic (exact) mass is 370 g/mol. The van der Waals surface area contributed by atoms with Crippen molar-refractivity contribution in [2.45, 2.75) is 33.6 Å². The maximum Gasteiger partial charge on any atom is 0.314 e. The Morgan fingerprint density at radius 1 is 1.11 bits per heavy atom. The zero-order chi connectivity index (χ0) is 19.6. The second-order valence-corrected chi connectivity index (χ2v) is 6.18. The molecule has 27 heavy (non-hydrogen) atoms. The Morgan fingerprint density at radius 3 is 2.56 bits per heavy atom. The highest BCUT2D eigenvalue weighted by molar-refractivity contribution is 6.01. The summed E-state index contributed by atoms with van der Waals surface area (Å²) in [5.41, 5.74) is 2.96. The van der Waals surface area contributed by atoms with Crippen LogP contribution in [0.5, 0.6) is 5.75 Å². The first-order valence-electron chi connectivity index (χ1n) is 9.16. The van der Waals surface area contributed by atoms with E-state index in [-0.39, 0.29) is 18.5 Å². The fraction of sp³-hybridized carbons (Fsp3) is 0.381. The van der Waals surface area contributed by atoms with E-state index in [0.29, 0.717) is 24.5 Å². The highest BCUT2D eigenvalue weighted by Gasteiger charge is 2.22. The van der Waals surface area contributed by atoms with Gasteiger partial charge in [0.15, 0.2) is 6.61 Å². The van der Waals surface area contributed by atoms with Crippen LogP contribution >= 0.6 is 0 Å². The number of hydrazone groups is 1. The first kappa shape index (κ1) is 20.4. The third-order valence-electron chi connectivity index (χ3n) is 4.10. The van der Waals surface area contributed by atoms with Gasteiger partial charge < -0.3 is 9.47 Å².